The molecule has 124 valence electrons. The van der Waals surface area contributed by atoms with Crippen LogP contribution in [0.3, 0.4) is 0 Å². The molecule has 4 nitrogen and oxygen atoms in total. The molecular formula is C17H21FN2O2S. The number of aromatic nitrogens is 1. The molecular weight excluding hydrogens is 315 g/mol. The molecule has 0 N–H and O–H groups in total. The fourth-order valence-electron chi connectivity index (χ4n) is 3.04. The maximum Gasteiger partial charge on any atom is 0.179 e. The molecule has 0 amide bonds. The Morgan fingerprint density at radius 3 is 2.26 bits per heavy atom. The van der Waals surface area contributed by atoms with Gasteiger partial charge in [-0.2, -0.15) is 0 Å². The number of nitrogens with zero attached hydrogens (tertiary/aromatic N) is 2. The Morgan fingerprint density at radius 2 is 1.65 bits per heavy atom. The standard InChI is InChI=1S/C17H21FN2O2S/c18-15-3-5-17(6-4-15)23(21,22)14-13-19-11-7-16(8-12-19)20-9-1-2-10-20/h1-6,9-10,16H,7-8,11-14H2. The molecule has 0 aliphatic carbocycles. The third-order valence-electron chi connectivity index (χ3n) is 4.46. The second-order valence-corrected chi connectivity index (χ2v) is 8.09. The van der Waals surface area contributed by atoms with Crippen molar-refractivity contribution in [3.05, 3.63) is 54.6 Å². The molecule has 1 aromatic heterocycles. The molecule has 0 saturated carbocycles. The molecule has 0 spiro atoms. The summed E-state index contributed by atoms with van der Waals surface area (Å²) < 4.78 is 39.7. The van der Waals surface area contributed by atoms with Crippen LogP contribution in [-0.2, 0) is 9.84 Å². The highest BCUT2D eigenvalue weighted by Gasteiger charge is 2.22. The van der Waals surface area contributed by atoms with Gasteiger partial charge >= 0.3 is 0 Å². The van der Waals surface area contributed by atoms with Crippen LogP contribution in [0.2, 0.25) is 0 Å². The van der Waals surface area contributed by atoms with E-state index in [-0.39, 0.29) is 10.6 Å². The Kier molecular flexibility index (Phi) is 4.82. The van der Waals surface area contributed by atoms with Crippen LogP contribution < -0.4 is 0 Å². The molecule has 0 radical (unpaired) electrons. The summed E-state index contributed by atoms with van der Waals surface area (Å²) in [6.45, 7) is 2.33. The van der Waals surface area contributed by atoms with Crippen LogP contribution in [0.25, 0.3) is 0 Å². The molecule has 0 atom stereocenters. The summed E-state index contributed by atoms with van der Waals surface area (Å²) in [5.74, 6) is -0.344. The first kappa shape index (κ1) is 16.2. The van der Waals surface area contributed by atoms with E-state index >= 15 is 0 Å². The maximum absolute atomic E-state index is 12.9. The van der Waals surface area contributed by atoms with Crippen molar-refractivity contribution in [1.82, 2.24) is 9.47 Å². The largest absolute Gasteiger partial charge is 0.351 e. The minimum atomic E-state index is -3.35. The van der Waals surface area contributed by atoms with E-state index in [2.05, 4.69) is 21.9 Å². The Balaban J connectivity index is 1.52. The summed E-state index contributed by atoms with van der Waals surface area (Å²) in [5, 5.41) is 0. The minimum absolute atomic E-state index is 0.0762. The number of hydrogen-bond donors (Lipinski definition) is 0. The van der Waals surface area contributed by atoms with Crippen LogP contribution in [0.4, 0.5) is 4.39 Å². The molecule has 23 heavy (non-hydrogen) atoms. The smallest absolute Gasteiger partial charge is 0.179 e. The second kappa shape index (κ2) is 6.84. The molecule has 0 unspecified atom stereocenters. The summed E-state index contributed by atoms with van der Waals surface area (Å²) in [5.41, 5.74) is 0. The summed E-state index contributed by atoms with van der Waals surface area (Å²) in [6.07, 6.45) is 6.23. The van der Waals surface area contributed by atoms with E-state index in [9.17, 15) is 12.8 Å². The number of halogens is 1. The lowest BCUT2D eigenvalue weighted by atomic mass is 10.1. The molecule has 2 aromatic rings. The first-order chi connectivity index (χ1) is 11.0. The van der Waals surface area contributed by atoms with Crippen molar-refractivity contribution in [3.8, 4) is 0 Å². The van der Waals surface area contributed by atoms with Crippen LogP contribution in [0.15, 0.2) is 53.7 Å². The van der Waals surface area contributed by atoms with Crippen molar-refractivity contribution >= 4 is 9.84 Å². The summed E-state index contributed by atoms with van der Waals surface area (Å²) in [4.78, 5) is 2.39. The Morgan fingerprint density at radius 1 is 1.04 bits per heavy atom. The molecule has 1 fully saturated rings. The molecule has 1 saturated heterocycles. The van der Waals surface area contributed by atoms with Gasteiger partial charge in [0.1, 0.15) is 5.82 Å². The van der Waals surface area contributed by atoms with E-state index < -0.39 is 15.7 Å². The molecule has 3 rings (SSSR count). The zero-order chi connectivity index (χ0) is 16.3. The fraction of sp³-hybridized carbons (Fsp3) is 0.412. The molecule has 1 aromatic carbocycles. The van der Waals surface area contributed by atoms with Crippen LogP contribution in [0.1, 0.15) is 18.9 Å². The van der Waals surface area contributed by atoms with Gasteiger partial charge in [-0.05, 0) is 49.2 Å². The first-order valence-electron chi connectivity index (χ1n) is 7.88. The lowest BCUT2D eigenvalue weighted by molar-refractivity contribution is 0.195. The van der Waals surface area contributed by atoms with Gasteiger partial charge in [0.25, 0.3) is 0 Å². The predicted octanol–water partition coefficient (Wildman–Crippen LogP) is 2.74. The van der Waals surface area contributed by atoms with Crippen LogP contribution >= 0.6 is 0 Å². The lowest BCUT2D eigenvalue weighted by Crippen LogP contribution is -2.37. The van der Waals surface area contributed by atoms with E-state index in [1.54, 1.807) is 0 Å². The van der Waals surface area contributed by atoms with Crippen LogP contribution in [-0.4, -0.2) is 43.3 Å². The Bertz CT molecular complexity index is 718. The highest BCUT2D eigenvalue weighted by atomic mass is 32.2. The number of likely N-dealkylation sites (tertiary alicyclic amines) is 1. The minimum Gasteiger partial charge on any atom is -0.351 e. The number of sulfone groups is 1. The van der Waals surface area contributed by atoms with Crippen molar-refractivity contribution in [3.63, 3.8) is 0 Å². The van der Waals surface area contributed by atoms with Gasteiger partial charge in [-0.25, -0.2) is 12.8 Å². The van der Waals surface area contributed by atoms with Gasteiger partial charge in [0.15, 0.2) is 9.84 Å². The highest BCUT2D eigenvalue weighted by molar-refractivity contribution is 7.91. The third kappa shape index (κ3) is 4.00. The quantitative estimate of drug-likeness (QED) is 0.789. The summed E-state index contributed by atoms with van der Waals surface area (Å²) in [6, 6.07) is 9.62. The van der Waals surface area contributed by atoms with Crippen LogP contribution in [0.5, 0.6) is 0 Å². The topological polar surface area (TPSA) is 42.3 Å². The van der Waals surface area contributed by atoms with E-state index in [1.165, 1.54) is 24.3 Å². The van der Waals surface area contributed by atoms with Crippen molar-refractivity contribution in [1.29, 1.82) is 0 Å². The van der Waals surface area contributed by atoms with Crippen molar-refractivity contribution in [2.45, 2.75) is 23.8 Å². The average Bonchev–Trinajstić information content (AvgIpc) is 3.08. The maximum atomic E-state index is 12.9. The van der Waals surface area contributed by atoms with Gasteiger partial charge in [-0.15, -0.1) is 0 Å². The van der Waals surface area contributed by atoms with Gasteiger partial charge in [0, 0.05) is 38.1 Å². The Labute approximate surface area is 136 Å². The van der Waals surface area contributed by atoms with E-state index in [0.717, 1.165) is 25.9 Å². The van der Waals surface area contributed by atoms with Gasteiger partial charge in [0.2, 0.25) is 0 Å². The van der Waals surface area contributed by atoms with Crippen molar-refractivity contribution in [2.75, 3.05) is 25.4 Å². The summed E-state index contributed by atoms with van der Waals surface area (Å²) >= 11 is 0. The third-order valence-corrected chi connectivity index (χ3v) is 6.17. The summed E-state index contributed by atoms with van der Waals surface area (Å²) in [7, 11) is -3.35. The van der Waals surface area contributed by atoms with Gasteiger partial charge in [-0.3, -0.25) is 0 Å². The molecule has 6 heteroatoms. The monoisotopic (exact) mass is 336 g/mol. The van der Waals surface area contributed by atoms with Gasteiger partial charge < -0.3 is 9.47 Å². The molecule has 1 aliphatic heterocycles. The van der Waals surface area contributed by atoms with Gasteiger partial charge in [-0.1, -0.05) is 0 Å². The second-order valence-electron chi connectivity index (χ2n) is 5.98. The highest BCUT2D eigenvalue weighted by Crippen LogP contribution is 2.22. The van der Waals surface area contributed by atoms with E-state index in [0.29, 0.717) is 12.6 Å². The predicted molar refractivity (Wildman–Crippen MR) is 87.6 cm³/mol. The van der Waals surface area contributed by atoms with E-state index in [1.807, 2.05) is 12.1 Å². The SMILES string of the molecule is O=S(=O)(CCN1CCC(n2cccc2)CC1)c1ccc(F)cc1. The number of piperidine rings is 1. The van der Waals surface area contributed by atoms with Crippen LogP contribution in [0, 0.1) is 5.82 Å². The normalized spacial score (nSPS) is 17.4. The number of benzene rings is 1. The molecule has 1 aliphatic rings. The Hall–Kier alpha value is -1.66. The number of rotatable bonds is 5. The molecule has 2 heterocycles. The zero-order valence-corrected chi connectivity index (χ0v) is 13.8. The molecule has 0 bridgehead atoms. The van der Waals surface area contributed by atoms with Gasteiger partial charge in [0.05, 0.1) is 10.6 Å². The van der Waals surface area contributed by atoms with Crippen molar-refractivity contribution in [2.24, 2.45) is 0 Å². The number of hydrogen-bond acceptors (Lipinski definition) is 3. The van der Waals surface area contributed by atoms with E-state index in [4.69, 9.17) is 0 Å². The van der Waals surface area contributed by atoms with Crippen molar-refractivity contribution < 1.29 is 12.8 Å². The first-order valence-corrected chi connectivity index (χ1v) is 9.53. The fourth-order valence-corrected chi connectivity index (χ4v) is 4.33. The lowest BCUT2D eigenvalue weighted by Gasteiger charge is -2.32. The zero-order valence-electron chi connectivity index (χ0n) is 12.9. The average molecular weight is 336 g/mol.